The molecule has 2 heterocycles. The quantitative estimate of drug-likeness (QED) is 0.821. The van der Waals surface area contributed by atoms with E-state index in [2.05, 4.69) is 10.5 Å². The smallest absolute Gasteiger partial charge is 0.188 e. The molecule has 1 aromatic carbocycles. The number of hydrogen-bond donors (Lipinski definition) is 1. The van der Waals surface area contributed by atoms with Crippen molar-refractivity contribution in [2.45, 2.75) is 10.6 Å². The summed E-state index contributed by atoms with van der Waals surface area (Å²) < 4.78 is 24.3. The van der Waals surface area contributed by atoms with Crippen molar-refractivity contribution in [1.82, 2.24) is 0 Å². The molecule has 110 valence electrons. The number of anilines is 1. The van der Waals surface area contributed by atoms with Crippen LogP contribution in [0.5, 0.6) is 0 Å². The van der Waals surface area contributed by atoms with Gasteiger partial charge >= 0.3 is 0 Å². The second-order valence-electron chi connectivity index (χ2n) is 4.49. The predicted octanol–water partition coefficient (Wildman–Crippen LogP) is 4.05. The fraction of sp³-hybridized carbons (Fsp3) is 0.154. The molecular formula is C13H10Cl2N2O2S2. The summed E-state index contributed by atoms with van der Waals surface area (Å²) in [5, 5.41) is 6.98. The number of benzene rings is 1. The molecule has 0 atom stereocenters. The minimum Gasteiger partial charge on any atom is -0.278 e. The lowest BCUT2D eigenvalue weighted by molar-refractivity contribution is 0.597. The van der Waals surface area contributed by atoms with Gasteiger partial charge in [-0.2, -0.15) is 5.10 Å². The molecule has 8 heteroatoms. The van der Waals surface area contributed by atoms with Crippen LogP contribution < -0.4 is 5.43 Å². The van der Waals surface area contributed by atoms with Gasteiger partial charge < -0.3 is 0 Å². The molecule has 0 bridgehead atoms. The fourth-order valence-corrected chi connectivity index (χ4v) is 5.13. The minimum absolute atomic E-state index is 0.0857. The topological polar surface area (TPSA) is 58.5 Å². The van der Waals surface area contributed by atoms with Crippen LogP contribution in [0.4, 0.5) is 5.69 Å². The molecule has 21 heavy (non-hydrogen) atoms. The second-order valence-corrected chi connectivity index (χ2v) is 8.52. The lowest BCUT2D eigenvalue weighted by atomic mass is 10.1. The number of nitrogens with zero attached hydrogens (tertiary/aromatic N) is 1. The Morgan fingerprint density at radius 3 is 2.76 bits per heavy atom. The molecule has 0 amide bonds. The monoisotopic (exact) mass is 360 g/mol. The third-order valence-electron chi connectivity index (χ3n) is 3.07. The van der Waals surface area contributed by atoms with E-state index in [0.29, 0.717) is 31.9 Å². The van der Waals surface area contributed by atoms with Crippen LogP contribution in [0.1, 0.15) is 12.0 Å². The Labute approximate surface area is 136 Å². The first-order valence-corrected chi connectivity index (χ1v) is 9.34. The van der Waals surface area contributed by atoms with E-state index >= 15 is 0 Å². The van der Waals surface area contributed by atoms with E-state index in [4.69, 9.17) is 23.2 Å². The predicted molar refractivity (Wildman–Crippen MR) is 87.6 cm³/mol. The third-order valence-corrected chi connectivity index (χ3v) is 7.09. The van der Waals surface area contributed by atoms with E-state index in [-0.39, 0.29) is 5.75 Å². The van der Waals surface area contributed by atoms with E-state index in [1.54, 1.807) is 29.6 Å². The first kappa shape index (κ1) is 14.8. The maximum absolute atomic E-state index is 11.9. The van der Waals surface area contributed by atoms with Gasteiger partial charge in [-0.25, -0.2) is 8.42 Å². The summed E-state index contributed by atoms with van der Waals surface area (Å²) in [6.45, 7) is 0. The highest BCUT2D eigenvalue weighted by atomic mass is 35.5. The van der Waals surface area contributed by atoms with Crippen LogP contribution in [0.3, 0.4) is 0 Å². The first-order valence-electron chi connectivity index (χ1n) is 6.05. The Morgan fingerprint density at radius 2 is 2.00 bits per heavy atom. The molecule has 4 nitrogen and oxygen atoms in total. The van der Waals surface area contributed by atoms with Crippen molar-refractivity contribution in [2.75, 3.05) is 11.2 Å². The van der Waals surface area contributed by atoms with Gasteiger partial charge in [0.1, 0.15) is 4.21 Å². The van der Waals surface area contributed by atoms with Gasteiger partial charge in [0.2, 0.25) is 0 Å². The molecule has 0 saturated heterocycles. The van der Waals surface area contributed by atoms with Crippen LogP contribution in [0.2, 0.25) is 10.0 Å². The van der Waals surface area contributed by atoms with Crippen LogP contribution in [0, 0.1) is 0 Å². The maximum Gasteiger partial charge on any atom is 0.188 e. The zero-order chi connectivity index (χ0) is 15.0. The van der Waals surface area contributed by atoms with Gasteiger partial charge in [-0.15, -0.1) is 11.3 Å². The molecule has 0 unspecified atom stereocenters. The SMILES string of the molecule is O=S1(=O)CCC(=NNc2ccc(Cl)c(Cl)c2)c2ccsc21. The number of hydrogen-bond acceptors (Lipinski definition) is 5. The molecule has 3 rings (SSSR count). The zero-order valence-corrected chi connectivity index (χ0v) is 13.8. The molecule has 1 aliphatic rings. The maximum atomic E-state index is 11.9. The molecule has 2 aromatic rings. The Kier molecular flexibility index (Phi) is 3.96. The molecule has 0 saturated carbocycles. The number of fused-ring (bicyclic) bond motifs is 1. The van der Waals surface area contributed by atoms with Crippen molar-refractivity contribution in [3.63, 3.8) is 0 Å². The second kappa shape index (κ2) is 5.61. The molecule has 0 fully saturated rings. The molecule has 0 spiro atoms. The van der Waals surface area contributed by atoms with E-state index in [0.717, 1.165) is 5.71 Å². The number of sulfone groups is 1. The van der Waals surface area contributed by atoms with E-state index < -0.39 is 9.84 Å². The van der Waals surface area contributed by atoms with Crippen LogP contribution >= 0.6 is 34.5 Å². The van der Waals surface area contributed by atoms with Gasteiger partial charge in [0.15, 0.2) is 9.84 Å². The van der Waals surface area contributed by atoms with E-state index in [1.165, 1.54) is 11.3 Å². The number of rotatable bonds is 2. The van der Waals surface area contributed by atoms with Crippen molar-refractivity contribution in [3.05, 3.63) is 45.3 Å². The molecule has 1 N–H and O–H groups in total. The third kappa shape index (κ3) is 2.94. The zero-order valence-electron chi connectivity index (χ0n) is 10.6. The first-order chi connectivity index (χ1) is 9.97. The molecule has 0 radical (unpaired) electrons. The van der Waals surface area contributed by atoms with Gasteiger partial charge in [-0.3, -0.25) is 5.43 Å². The van der Waals surface area contributed by atoms with E-state index in [9.17, 15) is 8.42 Å². The summed E-state index contributed by atoms with van der Waals surface area (Å²) in [6.07, 6.45) is 0.389. The van der Waals surface area contributed by atoms with Crippen LogP contribution in [-0.2, 0) is 9.84 Å². The standard InChI is InChI=1S/C13H10Cl2N2O2S2/c14-10-2-1-8(7-11(10)15)16-17-12-4-6-21(18,19)13-9(12)3-5-20-13/h1-3,5,7,16H,4,6H2. The highest BCUT2D eigenvalue weighted by Gasteiger charge is 2.29. The summed E-state index contributed by atoms with van der Waals surface area (Å²) in [4.78, 5) is 0. The average molecular weight is 361 g/mol. The van der Waals surface area contributed by atoms with Crippen molar-refractivity contribution >= 4 is 55.8 Å². The molecule has 0 aliphatic carbocycles. The summed E-state index contributed by atoms with van der Waals surface area (Å²) in [6, 6.07) is 6.88. The summed E-state index contributed by atoms with van der Waals surface area (Å²) in [5.74, 6) is 0.0857. The Balaban J connectivity index is 1.90. The van der Waals surface area contributed by atoms with Crippen molar-refractivity contribution in [3.8, 4) is 0 Å². The molecular weight excluding hydrogens is 351 g/mol. The normalized spacial score (nSPS) is 18.5. The van der Waals surface area contributed by atoms with Gasteiger partial charge in [0.25, 0.3) is 0 Å². The molecule has 1 aromatic heterocycles. The van der Waals surface area contributed by atoms with Crippen LogP contribution in [-0.4, -0.2) is 19.9 Å². The number of hydrazone groups is 1. The van der Waals surface area contributed by atoms with Gasteiger partial charge in [0.05, 0.1) is 27.2 Å². The number of halogens is 2. The number of thiophene rings is 1. The lowest BCUT2D eigenvalue weighted by Gasteiger charge is -2.14. The van der Waals surface area contributed by atoms with E-state index in [1.807, 2.05) is 0 Å². The Morgan fingerprint density at radius 1 is 1.19 bits per heavy atom. The summed E-state index contributed by atoms with van der Waals surface area (Å²) in [7, 11) is -3.16. The highest BCUT2D eigenvalue weighted by molar-refractivity contribution is 7.93. The molecule has 1 aliphatic heterocycles. The van der Waals surface area contributed by atoms with Gasteiger partial charge in [-0.1, -0.05) is 23.2 Å². The Bertz CT molecular complexity index is 828. The van der Waals surface area contributed by atoms with Crippen molar-refractivity contribution < 1.29 is 8.42 Å². The lowest BCUT2D eigenvalue weighted by Crippen LogP contribution is -2.20. The average Bonchev–Trinajstić information content (AvgIpc) is 2.93. The van der Waals surface area contributed by atoms with Crippen molar-refractivity contribution in [2.24, 2.45) is 5.10 Å². The van der Waals surface area contributed by atoms with Crippen LogP contribution in [0.15, 0.2) is 39.0 Å². The number of nitrogens with one attached hydrogen (secondary N) is 1. The summed E-state index contributed by atoms with van der Waals surface area (Å²) in [5.41, 5.74) is 5.00. The summed E-state index contributed by atoms with van der Waals surface area (Å²) >= 11 is 13.0. The fourth-order valence-electron chi connectivity index (χ4n) is 2.02. The van der Waals surface area contributed by atoms with Gasteiger partial charge in [0, 0.05) is 12.0 Å². The van der Waals surface area contributed by atoms with Gasteiger partial charge in [-0.05, 0) is 29.6 Å². The van der Waals surface area contributed by atoms with Crippen LogP contribution in [0.25, 0.3) is 0 Å². The van der Waals surface area contributed by atoms with Crippen molar-refractivity contribution in [1.29, 1.82) is 0 Å². The highest BCUT2D eigenvalue weighted by Crippen LogP contribution is 2.30. The minimum atomic E-state index is -3.16. The Hall–Kier alpha value is -1.08. The largest absolute Gasteiger partial charge is 0.278 e.